The number of ether oxygens (including phenoxy) is 1. The van der Waals surface area contributed by atoms with Crippen LogP contribution in [0, 0.1) is 5.82 Å². The molecule has 2 rings (SSSR count). The van der Waals surface area contributed by atoms with Crippen LogP contribution in [0.5, 0.6) is 5.75 Å². The molecule has 0 atom stereocenters. The summed E-state index contributed by atoms with van der Waals surface area (Å²) in [6.45, 7) is 0.288. The third kappa shape index (κ3) is 3.48. The number of oxime groups is 1. The van der Waals surface area contributed by atoms with Gasteiger partial charge in [-0.3, -0.25) is 0 Å². The summed E-state index contributed by atoms with van der Waals surface area (Å²) in [5, 5.41) is 11.6. The van der Waals surface area contributed by atoms with Crippen LogP contribution < -0.4 is 10.5 Å². The summed E-state index contributed by atoms with van der Waals surface area (Å²) < 4.78 is 19.1. The highest BCUT2D eigenvalue weighted by atomic mass is 79.9. The molecule has 4 nitrogen and oxygen atoms in total. The van der Waals surface area contributed by atoms with Crippen molar-refractivity contribution in [3.8, 4) is 5.75 Å². The number of rotatable bonds is 4. The van der Waals surface area contributed by atoms with Crippen molar-refractivity contribution in [2.24, 2.45) is 10.9 Å². The minimum absolute atomic E-state index is 0.0369. The van der Waals surface area contributed by atoms with Crippen molar-refractivity contribution in [3.05, 3.63) is 63.9 Å². The molecule has 0 aliphatic rings. The summed E-state index contributed by atoms with van der Waals surface area (Å²) in [4.78, 5) is 0. The molecule has 0 spiro atoms. The Labute approximate surface area is 123 Å². The number of benzene rings is 2. The first kappa shape index (κ1) is 14.3. The molecule has 2 aromatic rings. The van der Waals surface area contributed by atoms with Gasteiger partial charge in [-0.2, -0.15) is 0 Å². The van der Waals surface area contributed by atoms with E-state index in [4.69, 9.17) is 15.7 Å². The summed E-state index contributed by atoms with van der Waals surface area (Å²) in [5.74, 6) is 0.244. The number of halogens is 2. The Hall–Kier alpha value is -2.08. The van der Waals surface area contributed by atoms with E-state index in [1.54, 1.807) is 24.3 Å². The van der Waals surface area contributed by atoms with Gasteiger partial charge in [0.15, 0.2) is 5.84 Å². The van der Waals surface area contributed by atoms with Gasteiger partial charge in [0.1, 0.15) is 18.2 Å². The van der Waals surface area contributed by atoms with Gasteiger partial charge < -0.3 is 15.7 Å². The molecule has 0 heterocycles. The van der Waals surface area contributed by atoms with Crippen molar-refractivity contribution in [1.82, 2.24) is 0 Å². The molecule has 0 aromatic heterocycles. The number of hydrogen-bond donors (Lipinski definition) is 2. The zero-order valence-electron chi connectivity index (χ0n) is 10.4. The lowest BCUT2D eigenvalue weighted by atomic mass is 10.1. The summed E-state index contributed by atoms with van der Waals surface area (Å²) in [6, 6.07) is 11.3. The van der Waals surface area contributed by atoms with E-state index in [0.29, 0.717) is 15.8 Å². The van der Waals surface area contributed by atoms with Gasteiger partial charge >= 0.3 is 0 Å². The van der Waals surface area contributed by atoms with Crippen LogP contribution in [0.4, 0.5) is 4.39 Å². The molecule has 0 fully saturated rings. The first-order valence-corrected chi connectivity index (χ1v) is 6.54. The Morgan fingerprint density at radius 2 is 2.10 bits per heavy atom. The predicted octanol–water partition coefficient (Wildman–Crippen LogP) is 3.26. The van der Waals surface area contributed by atoms with E-state index in [2.05, 4.69) is 21.1 Å². The normalized spacial score (nSPS) is 11.4. The van der Waals surface area contributed by atoms with Crippen molar-refractivity contribution < 1.29 is 14.3 Å². The number of nitrogens with zero attached hydrogens (tertiary/aromatic N) is 1. The average molecular weight is 339 g/mol. The lowest BCUT2D eigenvalue weighted by Gasteiger charge is -2.09. The quantitative estimate of drug-likeness (QED) is 0.389. The lowest BCUT2D eigenvalue weighted by Crippen LogP contribution is -2.13. The van der Waals surface area contributed by atoms with Gasteiger partial charge in [0.2, 0.25) is 0 Å². The number of hydrogen-bond acceptors (Lipinski definition) is 3. The Bertz CT molecular complexity index is 647. The van der Waals surface area contributed by atoms with E-state index in [1.807, 2.05) is 6.07 Å². The smallest absolute Gasteiger partial charge is 0.170 e. The van der Waals surface area contributed by atoms with Crippen LogP contribution in [0.25, 0.3) is 0 Å². The van der Waals surface area contributed by atoms with Crippen molar-refractivity contribution in [2.75, 3.05) is 0 Å². The van der Waals surface area contributed by atoms with E-state index >= 15 is 0 Å². The van der Waals surface area contributed by atoms with Gasteiger partial charge in [0.25, 0.3) is 0 Å². The summed E-state index contributed by atoms with van der Waals surface area (Å²) >= 11 is 3.23. The minimum atomic E-state index is -0.335. The number of amidine groups is 1. The second kappa shape index (κ2) is 6.38. The highest BCUT2D eigenvalue weighted by Crippen LogP contribution is 2.26. The van der Waals surface area contributed by atoms with E-state index < -0.39 is 0 Å². The standard InChI is InChI=1S/C14H12BrFN2O2/c15-12-7-11(16)4-5-13(12)20-8-9-2-1-3-10(6-9)14(17)18-19/h1-7,19H,8H2,(H2,17,18). The van der Waals surface area contributed by atoms with Crippen molar-refractivity contribution in [3.63, 3.8) is 0 Å². The molecule has 0 saturated heterocycles. The summed E-state index contributed by atoms with van der Waals surface area (Å²) in [6.07, 6.45) is 0. The van der Waals surface area contributed by atoms with Gasteiger partial charge in [-0.05, 0) is 45.8 Å². The maximum atomic E-state index is 13.0. The molecular weight excluding hydrogens is 327 g/mol. The number of nitrogens with two attached hydrogens (primary N) is 1. The molecule has 0 radical (unpaired) electrons. The average Bonchev–Trinajstić information content (AvgIpc) is 2.46. The van der Waals surface area contributed by atoms with Gasteiger partial charge in [0.05, 0.1) is 4.47 Å². The fourth-order valence-electron chi connectivity index (χ4n) is 1.63. The van der Waals surface area contributed by atoms with E-state index in [0.717, 1.165) is 5.56 Å². The maximum absolute atomic E-state index is 13.0. The Morgan fingerprint density at radius 1 is 1.30 bits per heavy atom. The van der Waals surface area contributed by atoms with Gasteiger partial charge in [-0.1, -0.05) is 23.4 Å². The van der Waals surface area contributed by atoms with Gasteiger partial charge in [-0.25, -0.2) is 4.39 Å². The second-order valence-electron chi connectivity index (χ2n) is 4.05. The highest BCUT2D eigenvalue weighted by Gasteiger charge is 2.05. The largest absolute Gasteiger partial charge is 0.488 e. The second-order valence-corrected chi connectivity index (χ2v) is 4.90. The van der Waals surface area contributed by atoms with Crippen LogP contribution >= 0.6 is 15.9 Å². The maximum Gasteiger partial charge on any atom is 0.170 e. The zero-order valence-corrected chi connectivity index (χ0v) is 12.0. The monoisotopic (exact) mass is 338 g/mol. The first-order valence-electron chi connectivity index (χ1n) is 5.75. The lowest BCUT2D eigenvalue weighted by molar-refractivity contribution is 0.303. The Morgan fingerprint density at radius 3 is 2.80 bits per heavy atom. The molecule has 0 aliphatic heterocycles. The highest BCUT2D eigenvalue weighted by molar-refractivity contribution is 9.10. The zero-order chi connectivity index (χ0) is 14.5. The Kier molecular flexibility index (Phi) is 4.57. The molecule has 0 amide bonds. The molecule has 0 aliphatic carbocycles. The first-order chi connectivity index (χ1) is 9.60. The van der Waals surface area contributed by atoms with Crippen molar-refractivity contribution >= 4 is 21.8 Å². The molecule has 0 bridgehead atoms. The minimum Gasteiger partial charge on any atom is -0.488 e. The molecule has 6 heteroatoms. The SMILES string of the molecule is N/C(=N\O)c1cccc(COc2ccc(F)cc2Br)c1. The summed E-state index contributed by atoms with van der Waals surface area (Å²) in [7, 11) is 0. The molecular formula is C14H12BrFN2O2. The Balaban J connectivity index is 2.11. The van der Waals surface area contributed by atoms with Crippen LogP contribution in [0.15, 0.2) is 52.1 Å². The fraction of sp³-hybridized carbons (Fsp3) is 0.0714. The van der Waals surface area contributed by atoms with Crippen LogP contribution in [0.2, 0.25) is 0 Å². The third-order valence-corrected chi connectivity index (χ3v) is 3.24. The molecule has 104 valence electrons. The van der Waals surface area contributed by atoms with Crippen LogP contribution in [-0.2, 0) is 6.61 Å². The van der Waals surface area contributed by atoms with Gasteiger partial charge in [0, 0.05) is 5.56 Å². The van der Waals surface area contributed by atoms with Gasteiger partial charge in [-0.15, -0.1) is 0 Å². The fourth-order valence-corrected chi connectivity index (χ4v) is 2.10. The van der Waals surface area contributed by atoms with E-state index in [9.17, 15) is 4.39 Å². The predicted molar refractivity (Wildman–Crippen MR) is 77.4 cm³/mol. The molecule has 0 unspecified atom stereocenters. The van der Waals surface area contributed by atoms with E-state index in [-0.39, 0.29) is 18.3 Å². The van der Waals surface area contributed by atoms with Crippen LogP contribution in [-0.4, -0.2) is 11.0 Å². The summed E-state index contributed by atoms with van der Waals surface area (Å²) in [5.41, 5.74) is 6.98. The van der Waals surface area contributed by atoms with Crippen LogP contribution in [0.3, 0.4) is 0 Å². The molecule has 3 N–H and O–H groups in total. The van der Waals surface area contributed by atoms with Crippen LogP contribution in [0.1, 0.15) is 11.1 Å². The molecule has 2 aromatic carbocycles. The van der Waals surface area contributed by atoms with E-state index in [1.165, 1.54) is 12.1 Å². The third-order valence-electron chi connectivity index (χ3n) is 2.62. The van der Waals surface area contributed by atoms with Crippen molar-refractivity contribution in [2.45, 2.75) is 6.61 Å². The van der Waals surface area contributed by atoms with Crippen molar-refractivity contribution in [1.29, 1.82) is 0 Å². The molecule has 20 heavy (non-hydrogen) atoms. The topological polar surface area (TPSA) is 67.8 Å². The molecule has 0 saturated carbocycles.